The molecule has 0 spiro atoms. The van der Waals surface area contributed by atoms with Crippen LogP contribution in [-0.2, 0) is 11.3 Å². The Hall–Kier alpha value is -1.62. The number of aromatic nitrogens is 1. The van der Waals surface area contributed by atoms with E-state index in [2.05, 4.69) is 10.3 Å². The molecule has 0 aliphatic heterocycles. The molecular weight excluding hydrogens is 244 g/mol. The molecule has 0 aliphatic carbocycles. The zero-order valence-electron chi connectivity index (χ0n) is 12.0. The average Bonchev–Trinajstić information content (AvgIpc) is 2.36. The number of aliphatic carboxylic acids is 1. The molecule has 2 N–H and O–H groups in total. The Balaban J connectivity index is 2.80. The maximum absolute atomic E-state index is 11.1. The van der Waals surface area contributed by atoms with E-state index in [0.29, 0.717) is 13.0 Å². The van der Waals surface area contributed by atoms with Gasteiger partial charge in [0.2, 0.25) is 0 Å². The lowest BCUT2D eigenvalue weighted by atomic mass is 10.1. The molecule has 0 aromatic carbocycles. The minimum atomic E-state index is -0.821. The van der Waals surface area contributed by atoms with Crippen molar-refractivity contribution in [1.82, 2.24) is 10.3 Å². The summed E-state index contributed by atoms with van der Waals surface area (Å²) in [5, 5.41) is 12.1. The SMILES string of the molecule is CCC[C@H](NCc1ncc(C)c(OC)c1C)C(=O)O. The van der Waals surface area contributed by atoms with Crippen LogP contribution in [0.4, 0.5) is 0 Å². The standard InChI is InChI=1S/C14H22N2O3/c1-5-6-11(14(17)18)16-8-12-10(3)13(19-4)9(2)7-15-12/h7,11,16H,5-6,8H2,1-4H3,(H,17,18)/t11-/m0/s1. The predicted octanol–water partition coefficient (Wildman–Crippen LogP) is 2.05. The number of methoxy groups -OCH3 is 1. The summed E-state index contributed by atoms with van der Waals surface area (Å²) in [5.74, 6) is -0.00672. The van der Waals surface area contributed by atoms with Gasteiger partial charge in [0.25, 0.3) is 0 Å². The van der Waals surface area contributed by atoms with E-state index in [1.807, 2.05) is 20.8 Å². The van der Waals surface area contributed by atoms with Crippen LogP contribution in [0.2, 0.25) is 0 Å². The summed E-state index contributed by atoms with van der Waals surface area (Å²) >= 11 is 0. The smallest absolute Gasteiger partial charge is 0.320 e. The molecule has 1 aromatic rings. The molecule has 106 valence electrons. The Labute approximate surface area is 114 Å². The molecule has 5 heteroatoms. The molecule has 0 saturated carbocycles. The topological polar surface area (TPSA) is 71.5 Å². The minimum absolute atomic E-state index is 0.430. The van der Waals surface area contributed by atoms with E-state index in [4.69, 9.17) is 9.84 Å². The fourth-order valence-electron chi connectivity index (χ4n) is 2.07. The van der Waals surface area contributed by atoms with Gasteiger partial charge in [-0.05, 0) is 20.3 Å². The second-order valence-corrected chi connectivity index (χ2v) is 4.61. The lowest BCUT2D eigenvalue weighted by Crippen LogP contribution is -2.36. The summed E-state index contributed by atoms with van der Waals surface area (Å²) in [6.07, 6.45) is 3.18. The van der Waals surface area contributed by atoms with Crippen molar-refractivity contribution in [2.45, 2.75) is 46.2 Å². The number of aryl methyl sites for hydroxylation is 1. The quantitative estimate of drug-likeness (QED) is 0.790. The van der Waals surface area contributed by atoms with Crippen molar-refractivity contribution in [3.05, 3.63) is 23.0 Å². The summed E-state index contributed by atoms with van der Waals surface area (Å²) in [7, 11) is 1.63. The summed E-state index contributed by atoms with van der Waals surface area (Å²) in [6, 6.07) is -0.529. The van der Waals surface area contributed by atoms with Crippen molar-refractivity contribution in [3.8, 4) is 5.75 Å². The van der Waals surface area contributed by atoms with Crippen LogP contribution in [-0.4, -0.2) is 29.2 Å². The highest BCUT2D eigenvalue weighted by Gasteiger charge is 2.17. The van der Waals surface area contributed by atoms with Gasteiger partial charge in [0, 0.05) is 23.9 Å². The number of hydrogen-bond donors (Lipinski definition) is 2. The van der Waals surface area contributed by atoms with E-state index in [1.165, 1.54) is 0 Å². The van der Waals surface area contributed by atoms with Gasteiger partial charge in [-0.3, -0.25) is 15.1 Å². The molecule has 0 radical (unpaired) electrons. The summed E-state index contributed by atoms with van der Waals surface area (Å²) < 4.78 is 5.33. The van der Waals surface area contributed by atoms with Crippen LogP contribution in [0.15, 0.2) is 6.20 Å². The van der Waals surface area contributed by atoms with E-state index in [-0.39, 0.29) is 0 Å². The summed E-state index contributed by atoms with van der Waals surface area (Å²) in [6.45, 7) is 6.27. The van der Waals surface area contributed by atoms with E-state index in [1.54, 1.807) is 13.3 Å². The molecule has 19 heavy (non-hydrogen) atoms. The Kier molecular flexibility index (Phi) is 5.76. The number of carboxylic acid groups (broad SMARTS) is 1. The van der Waals surface area contributed by atoms with Gasteiger partial charge in [0.05, 0.1) is 12.8 Å². The van der Waals surface area contributed by atoms with Crippen LogP contribution in [0.1, 0.15) is 36.6 Å². The lowest BCUT2D eigenvalue weighted by Gasteiger charge is -2.16. The highest BCUT2D eigenvalue weighted by Crippen LogP contribution is 2.23. The van der Waals surface area contributed by atoms with Crippen LogP contribution in [0.5, 0.6) is 5.75 Å². The lowest BCUT2D eigenvalue weighted by molar-refractivity contribution is -0.139. The van der Waals surface area contributed by atoms with Gasteiger partial charge in [-0.1, -0.05) is 13.3 Å². The highest BCUT2D eigenvalue weighted by atomic mass is 16.5. The first-order valence-electron chi connectivity index (χ1n) is 6.46. The number of ether oxygens (including phenoxy) is 1. The third-order valence-corrected chi connectivity index (χ3v) is 3.14. The first-order chi connectivity index (χ1) is 9.01. The van der Waals surface area contributed by atoms with Crippen LogP contribution in [0, 0.1) is 13.8 Å². The van der Waals surface area contributed by atoms with Gasteiger partial charge in [0.15, 0.2) is 0 Å². The average molecular weight is 266 g/mol. The van der Waals surface area contributed by atoms with Crippen molar-refractivity contribution in [3.63, 3.8) is 0 Å². The molecule has 1 atom stereocenters. The molecule has 0 unspecified atom stereocenters. The summed E-state index contributed by atoms with van der Waals surface area (Å²) in [4.78, 5) is 15.4. The van der Waals surface area contributed by atoms with Gasteiger partial charge >= 0.3 is 5.97 Å². The van der Waals surface area contributed by atoms with Crippen molar-refractivity contribution in [1.29, 1.82) is 0 Å². The number of hydrogen-bond acceptors (Lipinski definition) is 4. The van der Waals surface area contributed by atoms with Crippen molar-refractivity contribution < 1.29 is 14.6 Å². The van der Waals surface area contributed by atoms with Crippen LogP contribution >= 0.6 is 0 Å². The van der Waals surface area contributed by atoms with Gasteiger partial charge in [-0.25, -0.2) is 0 Å². The fraction of sp³-hybridized carbons (Fsp3) is 0.571. The fourth-order valence-corrected chi connectivity index (χ4v) is 2.07. The third-order valence-electron chi connectivity index (χ3n) is 3.14. The number of pyridine rings is 1. The zero-order valence-corrected chi connectivity index (χ0v) is 12.0. The largest absolute Gasteiger partial charge is 0.496 e. The van der Waals surface area contributed by atoms with E-state index in [0.717, 1.165) is 29.0 Å². The molecule has 0 bridgehead atoms. The number of rotatable bonds is 7. The molecule has 0 saturated heterocycles. The van der Waals surface area contributed by atoms with Crippen molar-refractivity contribution in [2.24, 2.45) is 0 Å². The van der Waals surface area contributed by atoms with Crippen molar-refractivity contribution >= 4 is 5.97 Å². The summed E-state index contributed by atoms with van der Waals surface area (Å²) in [5.41, 5.74) is 2.76. The molecule has 0 amide bonds. The van der Waals surface area contributed by atoms with Gasteiger partial charge in [-0.15, -0.1) is 0 Å². The van der Waals surface area contributed by atoms with E-state index < -0.39 is 12.0 Å². The van der Waals surface area contributed by atoms with E-state index in [9.17, 15) is 4.79 Å². The van der Waals surface area contributed by atoms with Gasteiger partial charge in [-0.2, -0.15) is 0 Å². The van der Waals surface area contributed by atoms with Crippen molar-refractivity contribution in [2.75, 3.05) is 7.11 Å². The molecule has 1 rings (SSSR count). The maximum atomic E-state index is 11.1. The monoisotopic (exact) mass is 266 g/mol. The molecule has 5 nitrogen and oxygen atoms in total. The minimum Gasteiger partial charge on any atom is -0.496 e. The second kappa shape index (κ2) is 7.09. The van der Waals surface area contributed by atoms with Crippen LogP contribution < -0.4 is 10.1 Å². The number of nitrogens with one attached hydrogen (secondary N) is 1. The molecular formula is C14H22N2O3. The normalized spacial score (nSPS) is 12.2. The van der Waals surface area contributed by atoms with Crippen LogP contribution in [0.25, 0.3) is 0 Å². The van der Waals surface area contributed by atoms with Crippen LogP contribution in [0.3, 0.4) is 0 Å². The number of nitrogens with zero attached hydrogens (tertiary/aromatic N) is 1. The Bertz CT molecular complexity index is 447. The van der Waals surface area contributed by atoms with E-state index >= 15 is 0 Å². The first kappa shape index (κ1) is 15.4. The second-order valence-electron chi connectivity index (χ2n) is 4.61. The zero-order chi connectivity index (χ0) is 14.4. The molecule has 1 heterocycles. The highest BCUT2D eigenvalue weighted by molar-refractivity contribution is 5.73. The molecule has 0 fully saturated rings. The number of carboxylic acids is 1. The Morgan fingerprint density at radius 1 is 1.53 bits per heavy atom. The molecule has 0 aliphatic rings. The Morgan fingerprint density at radius 2 is 2.21 bits per heavy atom. The predicted molar refractivity (Wildman–Crippen MR) is 73.4 cm³/mol. The first-order valence-corrected chi connectivity index (χ1v) is 6.46. The maximum Gasteiger partial charge on any atom is 0.320 e. The molecule has 1 aromatic heterocycles. The number of carbonyl (C=O) groups is 1. The Morgan fingerprint density at radius 3 is 2.74 bits per heavy atom. The van der Waals surface area contributed by atoms with Gasteiger partial charge in [0.1, 0.15) is 11.8 Å². The third kappa shape index (κ3) is 3.92. The van der Waals surface area contributed by atoms with Gasteiger partial charge < -0.3 is 9.84 Å².